The first-order chi connectivity index (χ1) is 15.5. The number of allylic oxidation sites excluding steroid dienone is 2. The van der Waals surface area contributed by atoms with E-state index in [4.69, 9.17) is 4.74 Å². The van der Waals surface area contributed by atoms with Gasteiger partial charge in [-0.2, -0.15) is 0 Å². The molecule has 172 valence electrons. The lowest BCUT2D eigenvalue weighted by Crippen LogP contribution is -2.58. The molecule has 1 aromatic rings. The maximum Gasteiger partial charge on any atom is 0.102 e. The Morgan fingerprint density at radius 3 is 2.59 bits per heavy atom. The molecule has 4 atom stereocenters. The number of benzene rings is 1. The van der Waals surface area contributed by atoms with Gasteiger partial charge in [0.2, 0.25) is 0 Å². The van der Waals surface area contributed by atoms with Crippen molar-refractivity contribution in [1.82, 2.24) is 15.1 Å². The number of rotatable bonds is 6. The smallest absolute Gasteiger partial charge is 0.102 e. The summed E-state index contributed by atoms with van der Waals surface area (Å²) in [5.41, 5.74) is -0.00150. The van der Waals surface area contributed by atoms with Crippen LogP contribution in [-0.2, 0) is 11.2 Å². The van der Waals surface area contributed by atoms with Gasteiger partial charge in [0, 0.05) is 33.2 Å². The number of piperidine rings is 3. The monoisotopic (exact) mass is 437 g/mol. The summed E-state index contributed by atoms with van der Waals surface area (Å²) in [7, 11) is 1.65. The van der Waals surface area contributed by atoms with E-state index in [1.54, 1.807) is 7.11 Å². The number of likely N-dealkylation sites (tertiary alicyclic amines) is 1. The lowest BCUT2D eigenvalue weighted by atomic mass is 9.74. The summed E-state index contributed by atoms with van der Waals surface area (Å²) < 4.78 is 5.44. The SMILES string of the molecule is CO[C@@H]1CN(C2=CC=CC(/C=C/[C@@]3(O)CN4CCC3CC4)(Cc3ccccc3)N2)C[C@H]1O. The number of dihydropyridines is 1. The molecule has 0 aromatic heterocycles. The van der Waals surface area contributed by atoms with Crippen LogP contribution in [0.4, 0.5) is 0 Å². The molecule has 0 aliphatic carbocycles. The second kappa shape index (κ2) is 8.67. The van der Waals surface area contributed by atoms with E-state index >= 15 is 0 Å². The zero-order chi connectivity index (χ0) is 22.2. The van der Waals surface area contributed by atoms with Crippen LogP contribution in [0, 0.1) is 5.92 Å². The quantitative estimate of drug-likeness (QED) is 0.589. The van der Waals surface area contributed by atoms with Gasteiger partial charge in [-0.05, 0) is 43.5 Å². The number of fused-ring (bicyclic) bond motifs is 3. The molecule has 0 radical (unpaired) electrons. The first kappa shape index (κ1) is 21.7. The molecule has 0 spiro atoms. The Bertz CT molecular complexity index is 893. The molecule has 1 aromatic carbocycles. The maximum atomic E-state index is 11.5. The number of nitrogens with one attached hydrogen (secondary N) is 1. The molecule has 1 unspecified atom stereocenters. The lowest BCUT2D eigenvalue weighted by Gasteiger charge is -2.49. The summed E-state index contributed by atoms with van der Waals surface area (Å²) in [4.78, 5) is 4.53. The number of nitrogens with zero attached hydrogens (tertiary/aromatic N) is 2. The summed E-state index contributed by atoms with van der Waals surface area (Å²) in [6, 6.07) is 10.5. The van der Waals surface area contributed by atoms with Crippen LogP contribution >= 0.6 is 0 Å². The van der Waals surface area contributed by atoms with Crippen molar-refractivity contribution < 1.29 is 14.9 Å². The fraction of sp³-hybridized carbons (Fsp3) is 0.538. The summed E-state index contributed by atoms with van der Waals surface area (Å²) in [6.45, 7) is 4.10. The van der Waals surface area contributed by atoms with Crippen LogP contribution in [0.15, 0.2) is 66.5 Å². The summed E-state index contributed by atoms with van der Waals surface area (Å²) >= 11 is 0. The molecular weight excluding hydrogens is 402 g/mol. The van der Waals surface area contributed by atoms with Gasteiger partial charge in [0.25, 0.3) is 0 Å². The number of aliphatic hydroxyl groups is 2. The van der Waals surface area contributed by atoms with Crippen LogP contribution in [0.1, 0.15) is 18.4 Å². The van der Waals surface area contributed by atoms with Crippen molar-refractivity contribution in [2.45, 2.75) is 42.6 Å². The zero-order valence-corrected chi connectivity index (χ0v) is 18.9. The summed E-state index contributed by atoms with van der Waals surface area (Å²) in [5, 5.41) is 25.6. The minimum absolute atomic E-state index is 0.185. The molecule has 6 heteroatoms. The van der Waals surface area contributed by atoms with Crippen molar-refractivity contribution in [3.05, 3.63) is 72.1 Å². The number of ether oxygens (including phenoxy) is 1. The number of hydrogen-bond donors (Lipinski definition) is 3. The van der Waals surface area contributed by atoms with E-state index in [0.29, 0.717) is 19.0 Å². The van der Waals surface area contributed by atoms with E-state index in [9.17, 15) is 10.2 Å². The molecule has 5 aliphatic heterocycles. The molecule has 3 N–H and O–H groups in total. The van der Waals surface area contributed by atoms with E-state index in [0.717, 1.165) is 44.7 Å². The highest BCUT2D eigenvalue weighted by Crippen LogP contribution is 2.37. The Hall–Kier alpha value is -2.12. The van der Waals surface area contributed by atoms with Crippen LogP contribution in [0.5, 0.6) is 0 Å². The Morgan fingerprint density at radius 1 is 1.16 bits per heavy atom. The Labute approximate surface area is 190 Å². The number of methoxy groups -OCH3 is 1. The number of β-amino-alcohol motifs (C(OH)–C–C–N with tert-alkyl or cyclic N) is 1. The maximum absolute atomic E-state index is 11.5. The van der Waals surface area contributed by atoms with Crippen LogP contribution in [0.2, 0.25) is 0 Å². The van der Waals surface area contributed by atoms with E-state index < -0.39 is 17.2 Å². The van der Waals surface area contributed by atoms with Gasteiger partial charge >= 0.3 is 0 Å². The number of hydrogen-bond acceptors (Lipinski definition) is 6. The first-order valence-electron chi connectivity index (χ1n) is 11.8. The van der Waals surface area contributed by atoms with Crippen LogP contribution in [-0.4, -0.2) is 83.2 Å². The lowest BCUT2D eigenvalue weighted by molar-refractivity contribution is -0.0783. The van der Waals surface area contributed by atoms with Crippen molar-refractivity contribution in [2.24, 2.45) is 5.92 Å². The molecule has 6 rings (SSSR count). The Kier molecular flexibility index (Phi) is 5.88. The summed E-state index contributed by atoms with van der Waals surface area (Å²) in [6.07, 6.45) is 12.8. The molecule has 5 heterocycles. The van der Waals surface area contributed by atoms with Gasteiger partial charge in [-0.3, -0.25) is 0 Å². The fourth-order valence-electron chi connectivity index (χ4n) is 5.76. The van der Waals surface area contributed by atoms with Crippen LogP contribution in [0.3, 0.4) is 0 Å². The van der Waals surface area contributed by atoms with Crippen molar-refractivity contribution >= 4 is 0 Å². The van der Waals surface area contributed by atoms with Crippen LogP contribution < -0.4 is 5.32 Å². The third-order valence-electron chi connectivity index (χ3n) is 7.67. The van der Waals surface area contributed by atoms with Crippen molar-refractivity contribution in [3.8, 4) is 0 Å². The zero-order valence-electron chi connectivity index (χ0n) is 18.9. The second-order valence-electron chi connectivity index (χ2n) is 9.86. The van der Waals surface area contributed by atoms with E-state index in [-0.39, 0.29) is 6.10 Å². The highest BCUT2D eigenvalue weighted by Gasteiger charge is 2.44. The first-order valence-corrected chi connectivity index (χ1v) is 11.8. The minimum atomic E-state index is -0.776. The summed E-state index contributed by atoms with van der Waals surface area (Å²) in [5.74, 6) is 1.31. The van der Waals surface area contributed by atoms with Gasteiger partial charge in [0.05, 0.1) is 17.2 Å². The standard InChI is InChI=1S/C26H35N3O3/c1-32-23-18-29(17-22(23)30)24-8-5-11-25(27-24,16-20-6-3-2-4-7-20)12-13-26(31)19-28-14-9-21(26)10-15-28/h2-8,11-13,21-23,27,30-31H,9-10,14-19H2,1H3/b13-12+/t22-,23-,25?,26-/m1/s1. The van der Waals surface area contributed by atoms with Crippen molar-refractivity contribution in [1.29, 1.82) is 0 Å². The predicted octanol–water partition coefficient (Wildman–Crippen LogP) is 1.67. The average Bonchev–Trinajstić information content (AvgIpc) is 3.20. The molecule has 0 saturated carbocycles. The highest BCUT2D eigenvalue weighted by molar-refractivity contribution is 5.36. The van der Waals surface area contributed by atoms with Gasteiger partial charge in [-0.1, -0.05) is 54.6 Å². The van der Waals surface area contributed by atoms with Gasteiger partial charge in [-0.25, -0.2) is 0 Å². The predicted molar refractivity (Wildman–Crippen MR) is 125 cm³/mol. The number of aliphatic hydroxyl groups excluding tert-OH is 1. The highest BCUT2D eigenvalue weighted by atomic mass is 16.5. The molecule has 2 bridgehead atoms. The van der Waals surface area contributed by atoms with Gasteiger partial charge in [0.1, 0.15) is 11.9 Å². The average molecular weight is 438 g/mol. The third-order valence-corrected chi connectivity index (χ3v) is 7.67. The fourth-order valence-corrected chi connectivity index (χ4v) is 5.76. The van der Waals surface area contributed by atoms with Gasteiger partial charge in [-0.15, -0.1) is 0 Å². The molecule has 4 saturated heterocycles. The van der Waals surface area contributed by atoms with Crippen LogP contribution in [0.25, 0.3) is 0 Å². The second-order valence-corrected chi connectivity index (χ2v) is 9.86. The minimum Gasteiger partial charge on any atom is -0.388 e. The largest absolute Gasteiger partial charge is 0.388 e. The molecule has 5 aliphatic rings. The van der Waals surface area contributed by atoms with Crippen molar-refractivity contribution in [3.63, 3.8) is 0 Å². The van der Waals surface area contributed by atoms with Gasteiger partial charge < -0.3 is 30.1 Å². The Morgan fingerprint density at radius 2 is 1.94 bits per heavy atom. The molecule has 6 nitrogen and oxygen atoms in total. The van der Waals surface area contributed by atoms with Crippen molar-refractivity contribution in [2.75, 3.05) is 39.8 Å². The van der Waals surface area contributed by atoms with E-state index in [1.807, 2.05) is 6.07 Å². The normalized spacial score (nSPS) is 38.8. The van der Waals surface area contributed by atoms with E-state index in [1.165, 1.54) is 5.56 Å². The van der Waals surface area contributed by atoms with Gasteiger partial charge in [0.15, 0.2) is 0 Å². The van der Waals surface area contributed by atoms with E-state index in [2.05, 4.69) is 69.8 Å². The Balaban J connectivity index is 1.41. The molecule has 4 fully saturated rings. The third kappa shape index (κ3) is 4.25. The molecule has 32 heavy (non-hydrogen) atoms. The molecule has 0 amide bonds. The topological polar surface area (TPSA) is 68.2 Å². The molecular formula is C26H35N3O3.